The number of tetrazole rings is 1. The van der Waals surface area contributed by atoms with Gasteiger partial charge in [-0.25, -0.2) is 4.68 Å². The minimum atomic E-state index is 0.562. The van der Waals surface area contributed by atoms with Crippen molar-refractivity contribution in [3.05, 3.63) is 0 Å². The van der Waals surface area contributed by atoms with Gasteiger partial charge in [0.2, 0.25) is 5.16 Å². The predicted octanol–water partition coefficient (Wildman–Crippen LogP) is -0.714. The Hall–Kier alpha value is -0.660. The van der Waals surface area contributed by atoms with Crippen LogP contribution >= 0.6 is 11.8 Å². The van der Waals surface area contributed by atoms with E-state index in [9.17, 15) is 0 Å². The van der Waals surface area contributed by atoms with Crippen LogP contribution in [-0.4, -0.2) is 58.0 Å². The van der Waals surface area contributed by atoms with E-state index in [4.69, 9.17) is 5.73 Å². The van der Waals surface area contributed by atoms with Gasteiger partial charge in [-0.05, 0) is 24.5 Å². The third-order valence-electron chi connectivity index (χ3n) is 1.61. The maximum atomic E-state index is 5.43. The monoisotopic (exact) mass is 216 g/mol. The van der Waals surface area contributed by atoms with Crippen molar-refractivity contribution >= 4 is 11.8 Å². The first-order valence-corrected chi connectivity index (χ1v) is 5.46. The second-order valence-electron chi connectivity index (χ2n) is 3.13. The fraction of sp³-hybridized carbons (Fsp3) is 0.857. The molecule has 14 heavy (non-hydrogen) atoms. The highest BCUT2D eigenvalue weighted by molar-refractivity contribution is 7.99. The Morgan fingerprint density at radius 2 is 2.29 bits per heavy atom. The Labute approximate surface area is 87.8 Å². The van der Waals surface area contributed by atoms with E-state index in [1.54, 1.807) is 16.4 Å². The van der Waals surface area contributed by atoms with Gasteiger partial charge in [-0.15, -0.1) is 5.10 Å². The van der Waals surface area contributed by atoms with E-state index >= 15 is 0 Å². The quantitative estimate of drug-likeness (QED) is 0.633. The number of thioether (sulfide) groups is 1. The first-order chi connectivity index (χ1) is 6.74. The molecular weight excluding hydrogens is 200 g/mol. The molecule has 0 aliphatic heterocycles. The molecule has 1 rings (SSSR count). The highest BCUT2D eigenvalue weighted by Gasteiger charge is 2.05. The molecule has 0 saturated heterocycles. The van der Waals surface area contributed by atoms with Crippen molar-refractivity contribution in [2.75, 3.05) is 32.9 Å². The summed E-state index contributed by atoms with van der Waals surface area (Å²) in [6.45, 7) is 2.25. The number of nitrogens with two attached hydrogens (primary N) is 1. The lowest BCUT2D eigenvalue weighted by molar-refractivity contribution is 0.437. The molecule has 0 bridgehead atoms. The predicted molar refractivity (Wildman–Crippen MR) is 56.1 cm³/mol. The fourth-order valence-corrected chi connectivity index (χ4v) is 1.89. The molecule has 0 atom stereocenters. The molecule has 0 aliphatic carbocycles. The molecule has 0 aromatic carbocycles. The third-order valence-corrected chi connectivity index (χ3v) is 2.55. The Balaban J connectivity index is 2.37. The van der Waals surface area contributed by atoms with Crippen LogP contribution in [0.2, 0.25) is 0 Å². The Bertz CT molecular complexity index is 260. The largest absolute Gasteiger partial charge is 0.329 e. The molecule has 80 valence electrons. The summed E-state index contributed by atoms with van der Waals surface area (Å²) in [5.74, 6) is 0.984. The van der Waals surface area contributed by atoms with Crippen LogP contribution in [0.1, 0.15) is 0 Å². The molecule has 1 heterocycles. The van der Waals surface area contributed by atoms with Gasteiger partial charge >= 0.3 is 0 Å². The molecule has 0 amide bonds. The fourth-order valence-electron chi connectivity index (χ4n) is 0.882. The van der Waals surface area contributed by atoms with Gasteiger partial charge in [0.15, 0.2) is 0 Å². The second kappa shape index (κ2) is 5.94. The van der Waals surface area contributed by atoms with Crippen molar-refractivity contribution in [1.82, 2.24) is 25.1 Å². The Kier molecular flexibility index (Phi) is 4.85. The van der Waals surface area contributed by atoms with Crippen molar-refractivity contribution in [2.24, 2.45) is 5.73 Å². The van der Waals surface area contributed by atoms with Crippen LogP contribution in [0.4, 0.5) is 0 Å². The van der Waals surface area contributed by atoms with Crippen LogP contribution < -0.4 is 5.73 Å². The molecule has 2 N–H and O–H groups in total. The summed E-state index contributed by atoms with van der Waals surface area (Å²) in [4.78, 5) is 2.13. The summed E-state index contributed by atoms with van der Waals surface area (Å²) in [5, 5.41) is 12.2. The van der Waals surface area contributed by atoms with Crippen molar-refractivity contribution in [3.8, 4) is 0 Å². The van der Waals surface area contributed by atoms with E-state index in [1.807, 2.05) is 14.1 Å². The number of aromatic nitrogens is 4. The van der Waals surface area contributed by atoms with Crippen molar-refractivity contribution in [1.29, 1.82) is 0 Å². The second-order valence-corrected chi connectivity index (χ2v) is 4.19. The SMILES string of the molecule is CN(C)CCSc1nnnn1CCN. The van der Waals surface area contributed by atoms with Crippen LogP contribution in [-0.2, 0) is 6.54 Å². The van der Waals surface area contributed by atoms with Gasteiger partial charge in [0, 0.05) is 18.8 Å². The molecule has 0 saturated carbocycles. The number of hydrogen-bond donors (Lipinski definition) is 1. The molecule has 7 heteroatoms. The molecule has 0 aliphatic rings. The smallest absolute Gasteiger partial charge is 0.209 e. The van der Waals surface area contributed by atoms with Gasteiger partial charge in [0.1, 0.15) is 0 Å². The van der Waals surface area contributed by atoms with Crippen molar-refractivity contribution in [2.45, 2.75) is 11.7 Å². The maximum absolute atomic E-state index is 5.43. The molecule has 0 unspecified atom stereocenters. The average molecular weight is 216 g/mol. The summed E-state index contributed by atoms with van der Waals surface area (Å²) >= 11 is 1.65. The van der Waals surface area contributed by atoms with E-state index in [1.165, 1.54) is 0 Å². The van der Waals surface area contributed by atoms with Crippen LogP contribution in [0.15, 0.2) is 5.16 Å². The summed E-state index contributed by atoms with van der Waals surface area (Å²) in [6, 6.07) is 0. The van der Waals surface area contributed by atoms with E-state index in [0.717, 1.165) is 17.5 Å². The topological polar surface area (TPSA) is 72.9 Å². The Morgan fingerprint density at radius 3 is 2.93 bits per heavy atom. The summed E-state index contributed by atoms with van der Waals surface area (Å²) in [6.07, 6.45) is 0. The van der Waals surface area contributed by atoms with Crippen LogP contribution in [0.5, 0.6) is 0 Å². The van der Waals surface area contributed by atoms with Gasteiger partial charge in [0.25, 0.3) is 0 Å². The van der Waals surface area contributed by atoms with Crippen LogP contribution in [0.3, 0.4) is 0 Å². The zero-order valence-electron chi connectivity index (χ0n) is 8.55. The minimum absolute atomic E-state index is 0.562. The highest BCUT2D eigenvalue weighted by atomic mass is 32.2. The van der Waals surface area contributed by atoms with E-state index in [2.05, 4.69) is 20.4 Å². The average Bonchev–Trinajstić information content (AvgIpc) is 2.53. The minimum Gasteiger partial charge on any atom is -0.329 e. The number of hydrogen-bond acceptors (Lipinski definition) is 6. The van der Waals surface area contributed by atoms with E-state index in [0.29, 0.717) is 13.1 Å². The lowest BCUT2D eigenvalue weighted by atomic mass is 10.7. The molecule has 0 radical (unpaired) electrons. The zero-order chi connectivity index (χ0) is 10.4. The number of nitrogens with zero attached hydrogens (tertiary/aromatic N) is 5. The van der Waals surface area contributed by atoms with Gasteiger partial charge < -0.3 is 10.6 Å². The van der Waals surface area contributed by atoms with Crippen LogP contribution in [0.25, 0.3) is 0 Å². The normalized spacial score (nSPS) is 11.1. The highest BCUT2D eigenvalue weighted by Crippen LogP contribution is 2.12. The molecule has 1 aromatic rings. The summed E-state index contributed by atoms with van der Waals surface area (Å²) in [5.41, 5.74) is 5.43. The first kappa shape index (κ1) is 11.4. The maximum Gasteiger partial charge on any atom is 0.209 e. The van der Waals surface area contributed by atoms with E-state index < -0.39 is 0 Å². The third kappa shape index (κ3) is 3.60. The van der Waals surface area contributed by atoms with Gasteiger partial charge in [-0.2, -0.15) is 0 Å². The van der Waals surface area contributed by atoms with E-state index in [-0.39, 0.29) is 0 Å². The van der Waals surface area contributed by atoms with Gasteiger partial charge in [0.05, 0.1) is 6.54 Å². The molecule has 6 nitrogen and oxygen atoms in total. The van der Waals surface area contributed by atoms with Gasteiger partial charge in [-0.3, -0.25) is 0 Å². The van der Waals surface area contributed by atoms with Gasteiger partial charge in [-0.1, -0.05) is 11.8 Å². The van der Waals surface area contributed by atoms with Crippen LogP contribution in [0, 0.1) is 0 Å². The zero-order valence-corrected chi connectivity index (χ0v) is 9.37. The lowest BCUT2D eigenvalue weighted by Crippen LogP contribution is -2.16. The molecular formula is C7H16N6S. The standard InChI is InChI=1S/C7H16N6S/c1-12(2)5-6-14-7-9-10-11-13(7)4-3-8/h3-6,8H2,1-2H3. The van der Waals surface area contributed by atoms with Crippen molar-refractivity contribution < 1.29 is 0 Å². The molecule has 1 aromatic heterocycles. The Morgan fingerprint density at radius 1 is 1.50 bits per heavy atom. The summed E-state index contributed by atoms with van der Waals surface area (Å²) < 4.78 is 1.74. The van der Waals surface area contributed by atoms with Crippen molar-refractivity contribution in [3.63, 3.8) is 0 Å². The lowest BCUT2D eigenvalue weighted by Gasteiger charge is -2.07. The number of rotatable bonds is 6. The molecule has 0 spiro atoms. The molecule has 0 fully saturated rings. The first-order valence-electron chi connectivity index (χ1n) is 4.48. The summed E-state index contributed by atoms with van der Waals surface area (Å²) in [7, 11) is 4.09.